The normalized spacial score (nSPS) is 14.2. The van der Waals surface area contributed by atoms with Crippen molar-refractivity contribution >= 4 is 29.3 Å². The molecule has 3 heterocycles. The van der Waals surface area contributed by atoms with Gasteiger partial charge in [0.2, 0.25) is 5.91 Å². The van der Waals surface area contributed by atoms with Gasteiger partial charge >= 0.3 is 6.09 Å². The highest BCUT2D eigenvalue weighted by molar-refractivity contribution is 5.95. The van der Waals surface area contributed by atoms with E-state index in [4.69, 9.17) is 9.72 Å². The van der Waals surface area contributed by atoms with Gasteiger partial charge in [-0.3, -0.25) is 9.69 Å². The maximum absolute atomic E-state index is 13.2. The molecule has 1 N–H and O–H groups in total. The second-order valence-corrected chi connectivity index (χ2v) is 10.1. The Morgan fingerprint density at radius 1 is 1.03 bits per heavy atom. The summed E-state index contributed by atoms with van der Waals surface area (Å²) >= 11 is 0. The van der Waals surface area contributed by atoms with Crippen LogP contribution in [0.15, 0.2) is 60.8 Å². The van der Waals surface area contributed by atoms with E-state index in [1.165, 1.54) is 4.90 Å². The number of pyridine rings is 1. The third-order valence-corrected chi connectivity index (χ3v) is 5.98. The van der Waals surface area contributed by atoms with Gasteiger partial charge in [0.1, 0.15) is 29.6 Å². The zero-order valence-corrected chi connectivity index (χ0v) is 21.8. The number of piperidine rings is 1. The van der Waals surface area contributed by atoms with E-state index in [-0.39, 0.29) is 18.4 Å². The monoisotopic (exact) mass is 502 g/mol. The molecule has 2 aromatic heterocycles. The minimum Gasteiger partial charge on any atom is -0.443 e. The van der Waals surface area contributed by atoms with Gasteiger partial charge in [0.15, 0.2) is 0 Å². The van der Waals surface area contributed by atoms with Crippen LogP contribution >= 0.6 is 0 Å². The summed E-state index contributed by atoms with van der Waals surface area (Å²) in [7, 11) is 0. The molecule has 0 saturated carbocycles. The molecule has 0 bridgehead atoms. The van der Waals surface area contributed by atoms with E-state index >= 15 is 0 Å². The Kier molecular flexibility index (Phi) is 8.01. The minimum absolute atomic E-state index is 0.0807. The summed E-state index contributed by atoms with van der Waals surface area (Å²) in [5.74, 6) is 2.22. The highest BCUT2D eigenvalue weighted by Crippen LogP contribution is 2.28. The van der Waals surface area contributed by atoms with Crippen molar-refractivity contribution in [2.45, 2.75) is 52.1 Å². The third kappa shape index (κ3) is 7.25. The van der Waals surface area contributed by atoms with Crippen molar-refractivity contribution in [1.82, 2.24) is 19.9 Å². The van der Waals surface area contributed by atoms with E-state index < -0.39 is 11.7 Å². The molecular weight excluding hydrogens is 468 g/mol. The first-order chi connectivity index (χ1) is 17.7. The zero-order valence-electron chi connectivity index (χ0n) is 21.8. The maximum atomic E-state index is 13.2. The fourth-order valence-electron chi connectivity index (χ4n) is 4.21. The molecule has 9 nitrogen and oxygen atoms in total. The Bertz CT molecular complexity index is 1210. The number of nitrogens with zero attached hydrogens (tertiary/aromatic N) is 5. The lowest BCUT2D eigenvalue weighted by Gasteiger charge is -2.33. The number of aryl methyl sites for hydroxylation is 1. The molecule has 3 aromatic rings. The molecule has 1 aliphatic rings. The van der Waals surface area contributed by atoms with E-state index in [0.29, 0.717) is 24.6 Å². The molecule has 1 fully saturated rings. The number of para-hydroxylation sites is 1. The van der Waals surface area contributed by atoms with E-state index in [1.807, 2.05) is 70.2 Å². The third-order valence-electron chi connectivity index (χ3n) is 5.98. The number of anilines is 3. The van der Waals surface area contributed by atoms with Crippen LogP contribution in [-0.2, 0) is 9.53 Å². The molecule has 4 rings (SSSR count). The van der Waals surface area contributed by atoms with Crippen LogP contribution < -0.4 is 10.2 Å². The summed E-state index contributed by atoms with van der Waals surface area (Å²) in [5, 5.41) is 3.24. The molecule has 2 amide bonds. The molecule has 0 atom stereocenters. The van der Waals surface area contributed by atoms with Gasteiger partial charge in [-0.2, -0.15) is 0 Å². The summed E-state index contributed by atoms with van der Waals surface area (Å²) in [6.45, 7) is 8.44. The van der Waals surface area contributed by atoms with Gasteiger partial charge in [-0.1, -0.05) is 24.3 Å². The number of hydrogen-bond acceptors (Lipinski definition) is 7. The van der Waals surface area contributed by atoms with Crippen LogP contribution in [0.3, 0.4) is 0 Å². The van der Waals surface area contributed by atoms with Gasteiger partial charge in [-0.05, 0) is 64.8 Å². The number of carbonyl (C=O) groups is 2. The number of carbonyl (C=O) groups excluding carboxylic acids is 2. The number of amides is 2. The Morgan fingerprint density at radius 3 is 2.38 bits per heavy atom. The topological polar surface area (TPSA) is 101 Å². The van der Waals surface area contributed by atoms with Crippen LogP contribution in [0.2, 0.25) is 0 Å². The first kappa shape index (κ1) is 26.1. The molecule has 0 spiro atoms. The van der Waals surface area contributed by atoms with Crippen molar-refractivity contribution in [3.63, 3.8) is 0 Å². The summed E-state index contributed by atoms with van der Waals surface area (Å²) in [5.41, 5.74) is 0.836. The molecule has 37 heavy (non-hydrogen) atoms. The summed E-state index contributed by atoms with van der Waals surface area (Å²) < 4.78 is 5.57. The lowest BCUT2D eigenvalue weighted by atomic mass is 9.95. The van der Waals surface area contributed by atoms with E-state index in [9.17, 15) is 9.59 Å². The van der Waals surface area contributed by atoms with Gasteiger partial charge < -0.3 is 15.0 Å². The highest BCUT2D eigenvalue weighted by atomic mass is 16.6. The van der Waals surface area contributed by atoms with Crippen molar-refractivity contribution in [3.05, 3.63) is 72.3 Å². The van der Waals surface area contributed by atoms with Gasteiger partial charge in [0, 0.05) is 42.7 Å². The lowest BCUT2D eigenvalue weighted by Crippen LogP contribution is -2.47. The molecule has 194 valence electrons. The minimum atomic E-state index is -0.663. The van der Waals surface area contributed by atoms with Gasteiger partial charge in [-0.15, -0.1) is 0 Å². The van der Waals surface area contributed by atoms with Crippen molar-refractivity contribution in [2.75, 3.05) is 29.9 Å². The summed E-state index contributed by atoms with van der Waals surface area (Å²) in [4.78, 5) is 43.1. The first-order valence-corrected chi connectivity index (χ1v) is 12.5. The number of ether oxygens (including phenoxy) is 1. The Labute approximate surface area is 217 Å². The second kappa shape index (κ2) is 11.4. The molecular formula is C28H34N6O3. The Hall–Kier alpha value is -4.01. The van der Waals surface area contributed by atoms with Crippen LogP contribution in [0, 0.1) is 6.92 Å². The molecule has 0 radical (unpaired) electrons. The average Bonchev–Trinajstić information content (AvgIpc) is 2.87. The van der Waals surface area contributed by atoms with Crippen LogP contribution in [0.5, 0.6) is 0 Å². The maximum Gasteiger partial charge on any atom is 0.415 e. The van der Waals surface area contributed by atoms with Crippen molar-refractivity contribution < 1.29 is 14.3 Å². The Morgan fingerprint density at radius 2 is 1.73 bits per heavy atom. The number of hydrogen-bond donors (Lipinski definition) is 1. The lowest BCUT2D eigenvalue weighted by molar-refractivity contribution is -0.130. The fourth-order valence-corrected chi connectivity index (χ4v) is 4.21. The van der Waals surface area contributed by atoms with E-state index in [2.05, 4.69) is 15.3 Å². The first-order valence-electron chi connectivity index (χ1n) is 12.5. The molecule has 0 unspecified atom stereocenters. The van der Waals surface area contributed by atoms with Crippen molar-refractivity contribution in [1.29, 1.82) is 0 Å². The number of rotatable bonds is 6. The van der Waals surface area contributed by atoms with Crippen LogP contribution in [0.1, 0.15) is 51.0 Å². The quantitative estimate of drug-likeness (QED) is 0.502. The predicted octanol–water partition coefficient (Wildman–Crippen LogP) is 5.07. The summed E-state index contributed by atoms with van der Waals surface area (Å²) in [6.07, 6.45) is 2.68. The average molecular weight is 503 g/mol. The van der Waals surface area contributed by atoms with Crippen LogP contribution in [0.4, 0.5) is 22.1 Å². The Balaban J connectivity index is 1.40. The molecule has 9 heteroatoms. The predicted molar refractivity (Wildman–Crippen MR) is 143 cm³/mol. The van der Waals surface area contributed by atoms with E-state index in [1.54, 1.807) is 23.2 Å². The van der Waals surface area contributed by atoms with Crippen molar-refractivity contribution in [2.24, 2.45) is 0 Å². The number of nitrogens with one attached hydrogen (secondary N) is 1. The molecule has 0 aliphatic carbocycles. The molecule has 1 aromatic carbocycles. The van der Waals surface area contributed by atoms with Gasteiger partial charge in [-0.25, -0.2) is 19.7 Å². The smallest absolute Gasteiger partial charge is 0.415 e. The standard InChI is InChI=1S/C28H34N6O3/c1-20-18-24(31-23-12-8-9-15-29-23)32-26(30-20)21-13-16-33(17-14-21)25(35)19-34(22-10-6-5-7-11-22)27(36)37-28(2,3)4/h5-12,15,18,21H,13-14,16-17,19H2,1-4H3,(H,29,30,31,32). The molecule has 1 saturated heterocycles. The van der Waals surface area contributed by atoms with Crippen LogP contribution in [0.25, 0.3) is 0 Å². The largest absolute Gasteiger partial charge is 0.443 e. The van der Waals surface area contributed by atoms with Crippen LogP contribution in [-0.4, -0.2) is 57.1 Å². The van der Waals surface area contributed by atoms with Gasteiger partial charge in [0.25, 0.3) is 0 Å². The molecule has 1 aliphatic heterocycles. The number of likely N-dealkylation sites (tertiary alicyclic amines) is 1. The second-order valence-electron chi connectivity index (χ2n) is 10.1. The number of benzene rings is 1. The van der Waals surface area contributed by atoms with Gasteiger partial charge in [0.05, 0.1) is 0 Å². The number of aromatic nitrogens is 3. The fraction of sp³-hybridized carbons (Fsp3) is 0.393. The highest BCUT2D eigenvalue weighted by Gasteiger charge is 2.30. The zero-order chi connectivity index (χ0) is 26.4. The van der Waals surface area contributed by atoms with Crippen molar-refractivity contribution in [3.8, 4) is 0 Å². The summed E-state index contributed by atoms with van der Waals surface area (Å²) in [6, 6.07) is 16.7. The van der Waals surface area contributed by atoms with E-state index in [0.717, 1.165) is 30.2 Å². The SMILES string of the molecule is Cc1cc(Nc2ccccn2)nc(C2CCN(C(=O)CN(C(=O)OC(C)(C)C)c3ccccc3)CC2)n1.